The number of likely N-dealkylation sites (N-methyl/N-ethyl adjacent to an activating group) is 1. The summed E-state index contributed by atoms with van der Waals surface area (Å²) in [7, 11) is 1.83. The highest BCUT2D eigenvalue weighted by atomic mass is 32.1. The van der Waals surface area contributed by atoms with Gasteiger partial charge in [0.15, 0.2) is 5.06 Å². The van der Waals surface area contributed by atoms with E-state index < -0.39 is 6.09 Å². The number of carbonyl (C=O) groups is 2. The summed E-state index contributed by atoms with van der Waals surface area (Å²) in [5.41, 5.74) is 5.13. The summed E-state index contributed by atoms with van der Waals surface area (Å²) >= 11 is 1.38. The van der Waals surface area contributed by atoms with Gasteiger partial charge in [-0.15, -0.1) is 11.3 Å². The Balaban J connectivity index is 1.40. The van der Waals surface area contributed by atoms with Gasteiger partial charge in [-0.05, 0) is 47.7 Å². The van der Waals surface area contributed by atoms with Gasteiger partial charge in [-0.1, -0.05) is 36.4 Å². The molecule has 184 valence electrons. The summed E-state index contributed by atoms with van der Waals surface area (Å²) in [6.07, 6.45) is 3.30. The van der Waals surface area contributed by atoms with Crippen LogP contribution in [0.3, 0.4) is 0 Å². The van der Waals surface area contributed by atoms with Crippen LogP contribution in [0, 0.1) is 6.92 Å². The van der Waals surface area contributed by atoms with Crippen molar-refractivity contribution in [1.82, 2.24) is 20.0 Å². The average molecular weight is 502 g/mol. The van der Waals surface area contributed by atoms with Crippen molar-refractivity contribution in [2.45, 2.75) is 13.5 Å². The van der Waals surface area contributed by atoms with Crippen molar-refractivity contribution in [3.05, 3.63) is 76.3 Å². The molecule has 0 aliphatic carbocycles. The number of para-hydroxylation sites is 1. The first kappa shape index (κ1) is 23.8. The maximum absolute atomic E-state index is 12.7. The molecule has 8 nitrogen and oxygen atoms in total. The van der Waals surface area contributed by atoms with Crippen molar-refractivity contribution in [1.29, 1.82) is 0 Å². The predicted octanol–water partition coefficient (Wildman–Crippen LogP) is 4.99. The van der Waals surface area contributed by atoms with Crippen molar-refractivity contribution in [2.24, 2.45) is 0 Å². The second kappa shape index (κ2) is 10.3. The number of nitrogens with one attached hydrogen (secondary N) is 2. The smallest absolute Gasteiger partial charge is 0.399 e. The average Bonchev–Trinajstić information content (AvgIpc) is 3.47. The van der Waals surface area contributed by atoms with Crippen LogP contribution in [0.1, 0.15) is 22.4 Å². The van der Waals surface area contributed by atoms with Crippen molar-refractivity contribution in [2.75, 3.05) is 32.0 Å². The van der Waals surface area contributed by atoms with E-state index in [1.807, 2.05) is 80.0 Å². The molecule has 0 unspecified atom stereocenters. The fraction of sp³-hybridized carbons (Fsp3) is 0.222. The molecule has 0 atom stereocenters. The maximum atomic E-state index is 12.7. The van der Waals surface area contributed by atoms with Crippen molar-refractivity contribution < 1.29 is 14.3 Å². The van der Waals surface area contributed by atoms with E-state index in [1.165, 1.54) is 11.3 Å². The number of thiophene rings is 1. The number of anilines is 1. The van der Waals surface area contributed by atoms with Gasteiger partial charge in [0.2, 0.25) is 5.91 Å². The minimum Gasteiger partial charge on any atom is -0.399 e. The topological polar surface area (TPSA) is 90.6 Å². The molecule has 1 aliphatic heterocycles. The Morgan fingerprint density at radius 2 is 2.06 bits per heavy atom. The van der Waals surface area contributed by atoms with E-state index >= 15 is 0 Å². The molecule has 2 aromatic heterocycles. The molecule has 1 fully saturated rings. The van der Waals surface area contributed by atoms with Crippen LogP contribution in [0.4, 0.5) is 10.5 Å². The third-order valence-corrected chi connectivity index (χ3v) is 7.11. The van der Waals surface area contributed by atoms with Gasteiger partial charge in [0.05, 0.1) is 23.4 Å². The first-order valence-corrected chi connectivity index (χ1v) is 12.6. The largest absolute Gasteiger partial charge is 0.417 e. The Kier molecular flexibility index (Phi) is 6.84. The molecule has 0 spiro atoms. The van der Waals surface area contributed by atoms with E-state index in [1.54, 1.807) is 4.90 Å². The first-order valence-electron chi connectivity index (χ1n) is 11.7. The van der Waals surface area contributed by atoms with Crippen molar-refractivity contribution in [3.63, 3.8) is 0 Å². The summed E-state index contributed by atoms with van der Waals surface area (Å²) in [5.74, 6) is 0.111. The molecule has 0 bridgehead atoms. The first-order chi connectivity index (χ1) is 17.5. The van der Waals surface area contributed by atoms with Crippen LogP contribution in [0.2, 0.25) is 0 Å². The van der Waals surface area contributed by atoms with E-state index in [2.05, 4.69) is 20.4 Å². The highest BCUT2D eigenvalue weighted by molar-refractivity contribution is 7.12. The van der Waals surface area contributed by atoms with Crippen LogP contribution in [-0.2, 0) is 11.3 Å². The minimum absolute atomic E-state index is 0.111. The van der Waals surface area contributed by atoms with E-state index in [4.69, 9.17) is 4.74 Å². The van der Waals surface area contributed by atoms with Crippen LogP contribution in [0.15, 0.2) is 53.9 Å². The summed E-state index contributed by atoms with van der Waals surface area (Å²) in [6.45, 7) is 4.40. The highest BCUT2D eigenvalue weighted by Crippen LogP contribution is 2.27. The lowest BCUT2D eigenvalue weighted by atomic mass is 10.1. The second-order valence-electron chi connectivity index (χ2n) is 8.84. The molecular weight excluding hydrogens is 474 g/mol. The molecule has 3 heterocycles. The standard InChI is InChI=1S/C27H27N5O3S/c1-18-11-14-36-26(18)35-27(34)28-24-15-19(16-32-13-12-31(2)25(33)17-32)7-8-20(24)9-10-23-21-5-3-4-6-22(21)29-30-23/h3-11,14-15H,12-13,16-17H2,1-2H3,(H,28,34)(H,29,30)/b10-9+. The number of aromatic nitrogens is 2. The minimum atomic E-state index is -0.549. The molecule has 2 N–H and O–H groups in total. The number of amides is 2. The van der Waals surface area contributed by atoms with Gasteiger partial charge >= 0.3 is 6.09 Å². The molecule has 0 saturated carbocycles. The van der Waals surface area contributed by atoms with Crippen LogP contribution in [0.25, 0.3) is 23.1 Å². The molecule has 0 radical (unpaired) electrons. The number of hydrogen-bond acceptors (Lipinski definition) is 6. The third-order valence-electron chi connectivity index (χ3n) is 6.22. The molecule has 2 amide bonds. The summed E-state index contributed by atoms with van der Waals surface area (Å²) in [6, 6.07) is 15.8. The van der Waals surface area contributed by atoms with E-state index in [0.29, 0.717) is 30.4 Å². The lowest BCUT2D eigenvalue weighted by molar-refractivity contribution is -0.134. The Labute approximate surface area is 213 Å². The number of H-pyrrole nitrogens is 1. The van der Waals surface area contributed by atoms with Gasteiger partial charge in [0, 0.05) is 37.6 Å². The van der Waals surface area contributed by atoms with E-state index in [-0.39, 0.29) is 5.91 Å². The number of piperazine rings is 1. The lowest BCUT2D eigenvalue weighted by Crippen LogP contribution is -2.47. The van der Waals surface area contributed by atoms with Gasteiger partial charge in [0.1, 0.15) is 0 Å². The van der Waals surface area contributed by atoms with Gasteiger partial charge in [-0.3, -0.25) is 20.1 Å². The highest BCUT2D eigenvalue weighted by Gasteiger charge is 2.21. The van der Waals surface area contributed by atoms with Crippen molar-refractivity contribution >= 4 is 52.1 Å². The normalized spacial score (nSPS) is 14.6. The molecule has 1 saturated heterocycles. The molecular formula is C27H27N5O3S. The number of ether oxygens (including phenoxy) is 1. The molecule has 36 heavy (non-hydrogen) atoms. The maximum Gasteiger partial charge on any atom is 0.417 e. The summed E-state index contributed by atoms with van der Waals surface area (Å²) < 4.78 is 5.53. The van der Waals surface area contributed by atoms with Gasteiger partial charge in [0.25, 0.3) is 0 Å². The van der Waals surface area contributed by atoms with E-state index in [0.717, 1.165) is 39.8 Å². The number of aryl methyl sites for hydroxylation is 1. The van der Waals surface area contributed by atoms with Crippen molar-refractivity contribution in [3.8, 4) is 5.06 Å². The number of carbonyl (C=O) groups excluding carboxylic acids is 2. The van der Waals surface area contributed by atoms with Crippen LogP contribution < -0.4 is 10.1 Å². The lowest BCUT2D eigenvalue weighted by Gasteiger charge is -2.32. The SMILES string of the molecule is Cc1ccsc1OC(=O)Nc1cc(CN2CCN(C)C(=O)C2)ccc1/C=C/c1n[nH]c2ccccc12. The number of hydrogen-bond donors (Lipinski definition) is 2. The van der Waals surface area contributed by atoms with Crippen LogP contribution in [-0.4, -0.2) is 58.7 Å². The quantitative estimate of drug-likeness (QED) is 0.389. The van der Waals surface area contributed by atoms with Crippen LogP contribution in [0.5, 0.6) is 5.06 Å². The fourth-order valence-corrected chi connectivity index (χ4v) is 4.89. The Bertz CT molecular complexity index is 1440. The number of nitrogens with zero attached hydrogens (tertiary/aromatic N) is 3. The molecule has 2 aromatic carbocycles. The molecule has 5 rings (SSSR count). The van der Waals surface area contributed by atoms with Gasteiger partial charge < -0.3 is 9.64 Å². The summed E-state index contributed by atoms with van der Waals surface area (Å²) in [5, 5.41) is 13.8. The number of rotatable bonds is 6. The molecule has 9 heteroatoms. The molecule has 4 aromatic rings. The zero-order valence-corrected chi connectivity index (χ0v) is 21.0. The monoisotopic (exact) mass is 501 g/mol. The zero-order valence-electron chi connectivity index (χ0n) is 20.2. The second-order valence-corrected chi connectivity index (χ2v) is 9.72. The Hall–Kier alpha value is -3.95. The van der Waals surface area contributed by atoms with Gasteiger partial charge in [-0.25, -0.2) is 4.79 Å². The van der Waals surface area contributed by atoms with Crippen LogP contribution >= 0.6 is 11.3 Å². The summed E-state index contributed by atoms with van der Waals surface area (Å²) in [4.78, 5) is 28.7. The number of fused-ring (bicyclic) bond motifs is 1. The Morgan fingerprint density at radius 1 is 1.19 bits per heavy atom. The molecule has 1 aliphatic rings. The Morgan fingerprint density at radius 3 is 2.86 bits per heavy atom. The number of benzene rings is 2. The third kappa shape index (κ3) is 5.32. The predicted molar refractivity (Wildman–Crippen MR) is 143 cm³/mol. The fourth-order valence-electron chi connectivity index (χ4n) is 4.12. The van der Waals surface area contributed by atoms with E-state index in [9.17, 15) is 9.59 Å². The zero-order chi connectivity index (χ0) is 25.1. The number of aromatic amines is 1. The van der Waals surface area contributed by atoms with Gasteiger partial charge in [-0.2, -0.15) is 5.10 Å².